The molecule has 1 amide bonds. The lowest BCUT2D eigenvalue weighted by Gasteiger charge is -2.29. The number of carbonyl (C=O) groups excluding carboxylic acids is 1. The lowest BCUT2D eigenvalue weighted by molar-refractivity contribution is -0.125. The van der Waals surface area contributed by atoms with Crippen molar-refractivity contribution in [2.75, 3.05) is 18.0 Å². The number of hydrogen-bond donors (Lipinski definition) is 1. The fourth-order valence-corrected chi connectivity index (χ4v) is 3.51. The first-order valence-electron chi connectivity index (χ1n) is 9.67. The second-order valence-electron chi connectivity index (χ2n) is 7.16. The molecule has 1 aliphatic heterocycles. The number of amides is 1. The zero-order chi connectivity index (χ0) is 19.3. The summed E-state index contributed by atoms with van der Waals surface area (Å²) in [4.78, 5) is 14.6. The van der Waals surface area contributed by atoms with E-state index in [0.29, 0.717) is 18.5 Å². The molecule has 0 radical (unpaired) electrons. The average Bonchev–Trinajstić information content (AvgIpc) is 3.24. The fraction of sp³-hybridized carbons (Fsp3) is 0.318. The van der Waals surface area contributed by atoms with Crippen LogP contribution < -0.4 is 10.2 Å². The van der Waals surface area contributed by atoms with E-state index >= 15 is 0 Å². The number of piperidine rings is 1. The molecule has 6 nitrogen and oxygen atoms in total. The topological polar surface area (TPSA) is 71.3 Å². The van der Waals surface area contributed by atoms with Gasteiger partial charge in [-0.1, -0.05) is 47.6 Å². The zero-order valence-electron chi connectivity index (χ0n) is 16.0. The minimum Gasteiger partial charge on any atom is -0.403 e. The molecular formula is C22H24N4O2. The van der Waals surface area contributed by atoms with Gasteiger partial charge < -0.3 is 14.6 Å². The van der Waals surface area contributed by atoms with E-state index in [0.717, 1.165) is 37.1 Å². The van der Waals surface area contributed by atoms with Gasteiger partial charge in [-0.25, -0.2) is 0 Å². The third kappa shape index (κ3) is 4.06. The summed E-state index contributed by atoms with van der Waals surface area (Å²) in [7, 11) is 0. The van der Waals surface area contributed by atoms with Gasteiger partial charge in [0.05, 0.1) is 0 Å². The highest BCUT2D eigenvalue weighted by Crippen LogP contribution is 2.26. The van der Waals surface area contributed by atoms with Crippen molar-refractivity contribution in [3.63, 3.8) is 0 Å². The molecule has 4 rings (SSSR count). The number of carbonyl (C=O) groups is 1. The van der Waals surface area contributed by atoms with Crippen LogP contribution in [0.15, 0.2) is 59.0 Å². The normalized spacial score (nSPS) is 14.8. The van der Waals surface area contributed by atoms with Crippen LogP contribution in [-0.2, 0) is 11.3 Å². The van der Waals surface area contributed by atoms with Crippen molar-refractivity contribution in [3.8, 4) is 11.5 Å². The van der Waals surface area contributed by atoms with E-state index in [1.54, 1.807) is 0 Å². The Morgan fingerprint density at radius 2 is 1.79 bits per heavy atom. The van der Waals surface area contributed by atoms with E-state index in [-0.39, 0.29) is 11.8 Å². The van der Waals surface area contributed by atoms with E-state index in [1.807, 2.05) is 42.5 Å². The maximum atomic E-state index is 12.5. The molecule has 0 unspecified atom stereocenters. The van der Waals surface area contributed by atoms with Crippen LogP contribution in [0.4, 0.5) is 6.01 Å². The van der Waals surface area contributed by atoms with Gasteiger partial charge in [0.1, 0.15) is 0 Å². The standard InChI is InChI=1S/C22H24N4O2/c1-16-7-5-6-10-19(16)15-23-20(27)17-11-13-26(14-12-17)22-25-24-21(28-22)18-8-3-2-4-9-18/h2-10,17H,11-15H2,1H3,(H,23,27). The predicted molar refractivity (Wildman–Crippen MR) is 108 cm³/mol. The van der Waals surface area contributed by atoms with Gasteiger partial charge in [-0.15, -0.1) is 5.10 Å². The number of nitrogens with zero attached hydrogens (tertiary/aromatic N) is 3. The fourth-order valence-electron chi connectivity index (χ4n) is 3.51. The third-order valence-electron chi connectivity index (χ3n) is 5.29. The SMILES string of the molecule is Cc1ccccc1CNC(=O)C1CCN(c2nnc(-c3ccccc3)o2)CC1. The Bertz CT molecular complexity index is 930. The second kappa shape index (κ2) is 8.25. The maximum Gasteiger partial charge on any atom is 0.318 e. The summed E-state index contributed by atoms with van der Waals surface area (Å²) < 4.78 is 5.83. The number of hydrogen-bond acceptors (Lipinski definition) is 5. The van der Waals surface area contributed by atoms with Crippen LogP contribution in [0.5, 0.6) is 0 Å². The molecule has 1 saturated heterocycles. The molecular weight excluding hydrogens is 352 g/mol. The molecule has 3 aromatic rings. The Kier molecular flexibility index (Phi) is 5.37. The monoisotopic (exact) mass is 376 g/mol. The first-order valence-corrected chi connectivity index (χ1v) is 9.67. The first kappa shape index (κ1) is 18.2. The molecule has 6 heteroatoms. The molecule has 1 aliphatic rings. The minimum atomic E-state index is 0.0248. The Hall–Kier alpha value is -3.15. The average molecular weight is 376 g/mol. The number of nitrogens with one attached hydrogen (secondary N) is 1. The van der Waals surface area contributed by atoms with Gasteiger partial charge in [0, 0.05) is 31.1 Å². The van der Waals surface area contributed by atoms with Crippen molar-refractivity contribution >= 4 is 11.9 Å². The largest absolute Gasteiger partial charge is 0.403 e. The van der Waals surface area contributed by atoms with Gasteiger partial charge in [0.25, 0.3) is 0 Å². The molecule has 0 aliphatic carbocycles. The molecule has 28 heavy (non-hydrogen) atoms. The van der Waals surface area contributed by atoms with Crippen molar-refractivity contribution in [2.45, 2.75) is 26.3 Å². The Morgan fingerprint density at radius 1 is 1.07 bits per heavy atom. The molecule has 0 spiro atoms. The Morgan fingerprint density at radius 3 is 2.54 bits per heavy atom. The van der Waals surface area contributed by atoms with E-state index in [9.17, 15) is 4.79 Å². The highest BCUT2D eigenvalue weighted by atomic mass is 16.4. The van der Waals surface area contributed by atoms with Crippen LogP contribution in [-0.4, -0.2) is 29.2 Å². The van der Waals surface area contributed by atoms with E-state index in [2.05, 4.69) is 39.5 Å². The quantitative estimate of drug-likeness (QED) is 0.737. The van der Waals surface area contributed by atoms with E-state index in [1.165, 1.54) is 5.56 Å². The van der Waals surface area contributed by atoms with Gasteiger partial charge in [0.2, 0.25) is 11.8 Å². The van der Waals surface area contributed by atoms with Crippen molar-refractivity contribution in [1.82, 2.24) is 15.5 Å². The van der Waals surface area contributed by atoms with Gasteiger partial charge in [0.15, 0.2) is 0 Å². The third-order valence-corrected chi connectivity index (χ3v) is 5.29. The molecule has 2 aromatic carbocycles. The van der Waals surface area contributed by atoms with Crippen LogP contribution in [0.25, 0.3) is 11.5 Å². The highest BCUT2D eigenvalue weighted by Gasteiger charge is 2.27. The number of benzene rings is 2. The first-order chi connectivity index (χ1) is 13.7. The predicted octanol–water partition coefficient (Wildman–Crippen LogP) is 3.58. The zero-order valence-corrected chi connectivity index (χ0v) is 16.0. The van der Waals surface area contributed by atoms with E-state index < -0.39 is 0 Å². The molecule has 1 N–H and O–H groups in total. The van der Waals surface area contributed by atoms with Crippen molar-refractivity contribution in [3.05, 3.63) is 65.7 Å². The summed E-state index contributed by atoms with van der Waals surface area (Å²) in [6.07, 6.45) is 1.56. The summed E-state index contributed by atoms with van der Waals surface area (Å²) in [5, 5.41) is 11.4. The summed E-state index contributed by atoms with van der Waals surface area (Å²) in [5.41, 5.74) is 3.27. The summed E-state index contributed by atoms with van der Waals surface area (Å²) in [6, 6.07) is 18.4. The lowest BCUT2D eigenvalue weighted by atomic mass is 9.96. The smallest absolute Gasteiger partial charge is 0.318 e. The lowest BCUT2D eigenvalue weighted by Crippen LogP contribution is -2.40. The Balaban J connectivity index is 1.30. The number of rotatable bonds is 5. The number of anilines is 1. The van der Waals surface area contributed by atoms with Gasteiger partial charge in [-0.05, 0) is 43.0 Å². The van der Waals surface area contributed by atoms with Crippen molar-refractivity contribution < 1.29 is 9.21 Å². The van der Waals surface area contributed by atoms with Crippen LogP contribution in [0.2, 0.25) is 0 Å². The Labute approximate surface area is 164 Å². The molecule has 0 bridgehead atoms. The van der Waals surface area contributed by atoms with Crippen LogP contribution >= 0.6 is 0 Å². The maximum absolute atomic E-state index is 12.5. The van der Waals surface area contributed by atoms with Crippen LogP contribution in [0.3, 0.4) is 0 Å². The highest BCUT2D eigenvalue weighted by molar-refractivity contribution is 5.79. The number of aryl methyl sites for hydroxylation is 1. The van der Waals surface area contributed by atoms with Crippen molar-refractivity contribution in [2.24, 2.45) is 5.92 Å². The molecule has 0 atom stereocenters. The van der Waals surface area contributed by atoms with Crippen molar-refractivity contribution in [1.29, 1.82) is 0 Å². The molecule has 1 aromatic heterocycles. The van der Waals surface area contributed by atoms with Crippen LogP contribution in [0, 0.1) is 12.8 Å². The van der Waals surface area contributed by atoms with Gasteiger partial charge in [-0.3, -0.25) is 4.79 Å². The van der Waals surface area contributed by atoms with Crippen LogP contribution in [0.1, 0.15) is 24.0 Å². The summed E-state index contributed by atoms with van der Waals surface area (Å²) in [6.45, 7) is 4.11. The summed E-state index contributed by atoms with van der Waals surface area (Å²) >= 11 is 0. The van der Waals surface area contributed by atoms with Gasteiger partial charge in [-0.2, -0.15) is 0 Å². The molecule has 0 saturated carbocycles. The minimum absolute atomic E-state index is 0.0248. The van der Waals surface area contributed by atoms with E-state index in [4.69, 9.17) is 4.42 Å². The number of aromatic nitrogens is 2. The van der Waals surface area contributed by atoms with Gasteiger partial charge >= 0.3 is 6.01 Å². The summed E-state index contributed by atoms with van der Waals surface area (Å²) in [5.74, 6) is 0.670. The molecule has 2 heterocycles. The molecule has 1 fully saturated rings. The second-order valence-corrected chi connectivity index (χ2v) is 7.16. The molecule has 144 valence electrons.